The Morgan fingerprint density at radius 1 is 1.18 bits per heavy atom. The normalized spacial score (nSPS) is 14.5. The molecule has 1 fully saturated rings. The molecule has 1 aliphatic heterocycles. The molecule has 2 N–H and O–H groups in total. The molecule has 1 aliphatic rings. The van der Waals surface area contributed by atoms with Crippen LogP contribution in [-0.4, -0.2) is 55.1 Å². The molecule has 2 aromatic rings. The molecule has 0 aliphatic carbocycles. The lowest BCUT2D eigenvalue weighted by molar-refractivity contribution is 0.122. The summed E-state index contributed by atoms with van der Waals surface area (Å²) in [6, 6.07) is 10.6. The van der Waals surface area contributed by atoms with Crippen molar-refractivity contribution in [1.82, 2.24) is 20.4 Å². The number of anilines is 1. The number of nitrogens with one attached hydrogen (secondary N) is 2. The highest BCUT2D eigenvalue weighted by Crippen LogP contribution is 2.17. The van der Waals surface area contributed by atoms with Crippen LogP contribution in [0.4, 0.5) is 5.69 Å². The summed E-state index contributed by atoms with van der Waals surface area (Å²) in [6.07, 6.45) is 4.80. The van der Waals surface area contributed by atoms with Crippen molar-refractivity contribution in [1.29, 1.82) is 0 Å². The van der Waals surface area contributed by atoms with Crippen LogP contribution in [0.5, 0.6) is 0 Å². The van der Waals surface area contributed by atoms with Gasteiger partial charge in [-0.2, -0.15) is 5.10 Å². The van der Waals surface area contributed by atoms with Crippen LogP contribution in [0, 0.1) is 0 Å². The second-order valence-corrected chi connectivity index (χ2v) is 6.51. The van der Waals surface area contributed by atoms with Crippen LogP contribution in [0.3, 0.4) is 0 Å². The van der Waals surface area contributed by atoms with Crippen molar-refractivity contribution in [3.63, 3.8) is 0 Å². The number of benzene rings is 1. The van der Waals surface area contributed by atoms with Crippen LogP contribution >= 0.6 is 24.0 Å². The monoisotopic (exact) mass is 498 g/mol. The van der Waals surface area contributed by atoms with Gasteiger partial charge in [0.05, 0.1) is 19.8 Å². The molecular weight excluding hydrogens is 467 g/mol. The maximum atomic E-state index is 5.42. The minimum atomic E-state index is 0. The third-order valence-corrected chi connectivity index (χ3v) is 4.49. The van der Waals surface area contributed by atoms with Gasteiger partial charge in [-0.05, 0) is 37.1 Å². The topological polar surface area (TPSA) is 66.7 Å². The number of aromatic nitrogens is 2. The summed E-state index contributed by atoms with van der Waals surface area (Å²) >= 11 is 0. The molecule has 0 spiro atoms. The highest BCUT2D eigenvalue weighted by atomic mass is 127. The fraction of sp³-hybridized carbons (Fsp3) is 0.500. The molecule has 2 heterocycles. The quantitative estimate of drug-likeness (QED) is 0.254. The molecule has 0 amide bonds. The number of halogens is 1. The van der Waals surface area contributed by atoms with E-state index in [1.54, 1.807) is 0 Å². The highest BCUT2D eigenvalue weighted by Gasteiger charge is 2.10. The number of aliphatic imine (C=N–C) groups is 1. The number of nitrogens with zero attached hydrogens (tertiary/aromatic N) is 4. The Morgan fingerprint density at radius 3 is 2.64 bits per heavy atom. The zero-order chi connectivity index (χ0) is 18.7. The predicted octanol–water partition coefficient (Wildman–Crippen LogP) is 2.48. The van der Waals surface area contributed by atoms with E-state index in [0.29, 0.717) is 6.54 Å². The molecule has 0 bridgehead atoms. The lowest BCUT2D eigenvalue weighted by atomic mass is 10.2. The minimum Gasteiger partial charge on any atom is -0.378 e. The summed E-state index contributed by atoms with van der Waals surface area (Å²) in [5.41, 5.74) is 2.47. The molecule has 7 nitrogen and oxygen atoms in total. The summed E-state index contributed by atoms with van der Waals surface area (Å²) < 4.78 is 7.36. The van der Waals surface area contributed by atoms with E-state index in [1.807, 2.05) is 23.1 Å². The number of hydrogen-bond acceptors (Lipinski definition) is 4. The van der Waals surface area contributed by atoms with Gasteiger partial charge in [0.25, 0.3) is 0 Å². The molecule has 1 aromatic heterocycles. The van der Waals surface area contributed by atoms with Crippen LogP contribution in [0.2, 0.25) is 0 Å². The number of hydrogen-bond donors (Lipinski definition) is 2. The number of morpholine rings is 1. The highest BCUT2D eigenvalue weighted by molar-refractivity contribution is 14.0. The van der Waals surface area contributed by atoms with Crippen LogP contribution in [-0.2, 0) is 17.8 Å². The van der Waals surface area contributed by atoms with E-state index in [2.05, 4.69) is 51.8 Å². The SMILES string of the molecule is CCNC(=NCc1ccc(N2CCOCC2)cc1)NCCCn1cccn1.I. The molecule has 28 heavy (non-hydrogen) atoms. The molecule has 3 rings (SSSR count). The fourth-order valence-electron chi connectivity index (χ4n) is 3.03. The van der Waals surface area contributed by atoms with E-state index in [-0.39, 0.29) is 24.0 Å². The Morgan fingerprint density at radius 2 is 1.96 bits per heavy atom. The number of rotatable bonds is 8. The van der Waals surface area contributed by atoms with Crippen molar-refractivity contribution in [2.45, 2.75) is 26.4 Å². The van der Waals surface area contributed by atoms with Gasteiger partial charge in [-0.15, -0.1) is 24.0 Å². The fourth-order valence-corrected chi connectivity index (χ4v) is 3.03. The first kappa shape index (κ1) is 22.5. The Labute approximate surface area is 184 Å². The molecule has 154 valence electrons. The van der Waals surface area contributed by atoms with Gasteiger partial charge in [0.2, 0.25) is 0 Å². The molecule has 1 aromatic carbocycles. The zero-order valence-corrected chi connectivity index (χ0v) is 18.8. The molecule has 8 heteroatoms. The van der Waals surface area contributed by atoms with Gasteiger partial charge < -0.3 is 20.3 Å². The van der Waals surface area contributed by atoms with Gasteiger partial charge in [-0.3, -0.25) is 4.68 Å². The number of guanidine groups is 1. The summed E-state index contributed by atoms with van der Waals surface area (Å²) in [7, 11) is 0. The van der Waals surface area contributed by atoms with Gasteiger partial charge in [0.1, 0.15) is 0 Å². The molecule has 1 saturated heterocycles. The second kappa shape index (κ2) is 12.6. The average Bonchev–Trinajstić information content (AvgIpc) is 3.24. The number of aryl methyl sites for hydroxylation is 1. The molecule has 0 atom stereocenters. The second-order valence-electron chi connectivity index (χ2n) is 6.51. The van der Waals surface area contributed by atoms with Gasteiger partial charge in [-0.25, -0.2) is 4.99 Å². The Kier molecular flexibility index (Phi) is 10.1. The first-order valence-corrected chi connectivity index (χ1v) is 9.76. The van der Waals surface area contributed by atoms with Crippen molar-refractivity contribution in [2.75, 3.05) is 44.3 Å². The third kappa shape index (κ3) is 7.31. The Hall–Kier alpha value is -1.81. The van der Waals surface area contributed by atoms with Crippen LogP contribution in [0.15, 0.2) is 47.7 Å². The smallest absolute Gasteiger partial charge is 0.191 e. The standard InChI is InChI=1S/C20H30N6O.HI/c1-2-21-20(22-9-3-11-26-12-4-10-24-26)23-17-18-5-7-19(8-6-18)25-13-15-27-16-14-25;/h4-8,10,12H,2-3,9,11,13-17H2,1H3,(H2,21,22,23);1H. The van der Waals surface area contributed by atoms with Crippen LogP contribution < -0.4 is 15.5 Å². The van der Waals surface area contributed by atoms with Crippen LogP contribution in [0.25, 0.3) is 0 Å². The molecular formula is C20H31IN6O. The molecule has 0 radical (unpaired) electrons. The van der Waals surface area contributed by atoms with Gasteiger partial charge in [0, 0.05) is 50.8 Å². The van der Waals surface area contributed by atoms with E-state index >= 15 is 0 Å². The maximum Gasteiger partial charge on any atom is 0.191 e. The van der Waals surface area contributed by atoms with Crippen molar-refractivity contribution in [2.24, 2.45) is 4.99 Å². The van der Waals surface area contributed by atoms with E-state index in [4.69, 9.17) is 9.73 Å². The third-order valence-electron chi connectivity index (χ3n) is 4.49. The summed E-state index contributed by atoms with van der Waals surface area (Å²) in [4.78, 5) is 7.06. The lowest BCUT2D eigenvalue weighted by Gasteiger charge is -2.28. The number of ether oxygens (including phenoxy) is 1. The largest absolute Gasteiger partial charge is 0.378 e. The van der Waals surface area contributed by atoms with E-state index in [9.17, 15) is 0 Å². The van der Waals surface area contributed by atoms with E-state index < -0.39 is 0 Å². The van der Waals surface area contributed by atoms with Crippen molar-refractivity contribution in [3.05, 3.63) is 48.3 Å². The van der Waals surface area contributed by atoms with Crippen LogP contribution in [0.1, 0.15) is 18.9 Å². The summed E-state index contributed by atoms with van der Waals surface area (Å²) in [5, 5.41) is 10.9. The first-order chi connectivity index (χ1) is 13.3. The molecule has 0 unspecified atom stereocenters. The Balaban J connectivity index is 0.00000280. The first-order valence-electron chi connectivity index (χ1n) is 9.76. The molecule has 0 saturated carbocycles. The van der Waals surface area contributed by atoms with Crippen molar-refractivity contribution >= 4 is 35.6 Å². The predicted molar refractivity (Wildman–Crippen MR) is 125 cm³/mol. The van der Waals surface area contributed by atoms with E-state index in [1.165, 1.54) is 11.3 Å². The van der Waals surface area contributed by atoms with Gasteiger partial charge in [0.15, 0.2) is 5.96 Å². The van der Waals surface area contributed by atoms with E-state index in [0.717, 1.165) is 58.3 Å². The van der Waals surface area contributed by atoms with Crippen molar-refractivity contribution in [3.8, 4) is 0 Å². The zero-order valence-electron chi connectivity index (χ0n) is 16.5. The summed E-state index contributed by atoms with van der Waals surface area (Å²) in [6.45, 7) is 8.91. The summed E-state index contributed by atoms with van der Waals surface area (Å²) in [5.74, 6) is 0.857. The van der Waals surface area contributed by atoms with Gasteiger partial charge in [-0.1, -0.05) is 12.1 Å². The Bertz CT molecular complexity index is 683. The maximum absolute atomic E-state index is 5.42. The van der Waals surface area contributed by atoms with Gasteiger partial charge >= 0.3 is 0 Å². The lowest BCUT2D eigenvalue weighted by Crippen LogP contribution is -2.38. The van der Waals surface area contributed by atoms with Crippen molar-refractivity contribution < 1.29 is 4.74 Å². The average molecular weight is 498 g/mol. The minimum absolute atomic E-state index is 0.